The lowest BCUT2D eigenvalue weighted by Crippen LogP contribution is -2.43. The van der Waals surface area contributed by atoms with Crippen LogP contribution in [0.25, 0.3) is 6.08 Å². The summed E-state index contributed by atoms with van der Waals surface area (Å²) in [6.07, 6.45) is 3.52. The van der Waals surface area contributed by atoms with Gasteiger partial charge in [0.05, 0.1) is 7.11 Å². The minimum Gasteiger partial charge on any atom is -0.504 e. The summed E-state index contributed by atoms with van der Waals surface area (Å²) >= 11 is 0. The molecule has 1 aromatic rings. The maximum atomic E-state index is 12.2. The number of hydrogen-bond acceptors (Lipinski definition) is 4. The van der Waals surface area contributed by atoms with Gasteiger partial charge in [-0.15, -0.1) is 0 Å². The van der Waals surface area contributed by atoms with Crippen LogP contribution in [-0.2, 0) is 4.79 Å². The van der Waals surface area contributed by atoms with Crippen LogP contribution >= 0.6 is 0 Å². The Bertz CT molecular complexity index is 545. The van der Waals surface area contributed by atoms with E-state index in [4.69, 9.17) is 9.47 Å². The third-order valence-corrected chi connectivity index (χ3v) is 3.23. The van der Waals surface area contributed by atoms with E-state index < -0.39 is 5.60 Å². The minimum absolute atomic E-state index is 0.0152. The fourth-order valence-corrected chi connectivity index (χ4v) is 2.16. The third kappa shape index (κ3) is 2.30. The monoisotopic (exact) mass is 262 g/mol. The number of ketones is 1. The van der Waals surface area contributed by atoms with Crippen molar-refractivity contribution >= 4 is 11.9 Å². The maximum absolute atomic E-state index is 12.2. The normalized spacial score (nSPS) is 20.9. The van der Waals surface area contributed by atoms with Gasteiger partial charge in [0.25, 0.3) is 0 Å². The number of hydrogen-bond donors (Lipinski definition) is 1. The van der Waals surface area contributed by atoms with Crippen LogP contribution in [0.4, 0.5) is 0 Å². The molecule has 4 nitrogen and oxygen atoms in total. The first-order valence-corrected chi connectivity index (χ1v) is 6.21. The molecule has 0 saturated heterocycles. The fraction of sp³-hybridized carbons (Fsp3) is 0.400. The molecule has 0 fully saturated rings. The standard InChI is InChI=1S/C15H18O4/c1-9(2)14(17)15(3)6-5-10-7-11(16)13(18-4)8-12(10)19-15/h5-9,16H,1-4H3. The van der Waals surface area contributed by atoms with Crippen LogP contribution < -0.4 is 9.47 Å². The highest BCUT2D eigenvalue weighted by Crippen LogP contribution is 2.39. The molecule has 1 heterocycles. The second-order valence-electron chi connectivity index (χ2n) is 5.12. The van der Waals surface area contributed by atoms with E-state index in [2.05, 4.69) is 0 Å². The highest BCUT2D eigenvalue weighted by molar-refractivity contribution is 5.93. The van der Waals surface area contributed by atoms with E-state index in [1.165, 1.54) is 7.11 Å². The smallest absolute Gasteiger partial charge is 0.183 e. The summed E-state index contributed by atoms with van der Waals surface area (Å²) in [6.45, 7) is 5.43. The molecule has 1 aromatic carbocycles. The molecule has 1 atom stereocenters. The van der Waals surface area contributed by atoms with E-state index in [0.29, 0.717) is 11.5 Å². The number of fused-ring (bicyclic) bond motifs is 1. The van der Waals surface area contributed by atoms with Crippen molar-refractivity contribution in [3.8, 4) is 17.2 Å². The van der Waals surface area contributed by atoms with Crippen molar-refractivity contribution in [3.05, 3.63) is 23.8 Å². The Hall–Kier alpha value is -1.97. The van der Waals surface area contributed by atoms with Crippen LogP contribution in [0.5, 0.6) is 17.2 Å². The largest absolute Gasteiger partial charge is 0.504 e. The molecule has 0 aromatic heterocycles. The van der Waals surface area contributed by atoms with Gasteiger partial charge in [-0.2, -0.15) is 0 Å². The summed E-state index contributed by atoms with van der Waals surface area (Å²) in [5, 5.41) is 9.71. The molecule has 0 amide bonds. The molecule has 0 aliphatic carbocycles. The van der Waals surface area contributed by atoms with Crippen LogP contribution in [0.1, 0.15) is 26.3 Å². The first kappa shape index (κ1) is 13.5. The molecule has 0 bridgehead atoms. The average molecular weight is 262 g/mol. The van der Waals surface area contributed by atoms with Crippen molar-refractivity contribution in [2.45, 2.75) is 26.4 Å². The molecule has 0 radical (unpaired) electrons. The number of Topliss-reactive ketones (excluding diaryl/α,β-unsaturated/α-hetero) is 1. The van der Waals surface area contributed by atoms with Crippen molar-refractivity contribution in [3.63, 3.8) is 0 Å². The van der Waals surface area contributed by atoms with Gasteiger partial charge in [0.2, 0.25) is 0 Å². The molecule has 4 heteroatoms. The number of aromatic hydroxyl groups is 1. The second-order valence-corrected chi connectivity index (χ2v) is 5.12. The van der Waals surface area contributed by atoms with E-state index in [1.807, 2.05) is 13.8 Å². The van der Waals surface area contributed by atoms with Crippen molar-refractivity contribution in [2.24, 2.45) is 5.92 Å². The predicted molar refractivity (Wildman–Crippen MR) is 72.6 cm³/mol. The lowest BCUT2D eigenvalue weighted by molar-refractivity contribution is -0.133. The summed E-state index contributed by atoms with van der Waals surface area (Å²) in [7, 11) is 1.47. The van der Waals surface area contributed by atoms with E-state index in [0.717, 1.165) is 5.56 Å². The van der Waals surface area contributed by atoms with Crippen molar-refractivity contribution < 1.29 is 19.4 Å². The van der Waals surface area contributed by atoms with Crippen molar-refractivity contribution in [1.82, 2.24) is 0 Å². The lowest BCUT2D eigenvalue weighted by atomic mass is 9.89. The number of carbonyl (C=O) groups is 1. The Kier molecular flexibility index (Phi) is 3.27. The Morgan fingerprint density at radius 3 is 2.68 bits per heavy atom. The SMILES string of the molecule is COc1cc2c(cc1O)C=CC(C)(C(=O)C(C)C)O2. The Labute approximate surface area is 112 Å². The van der Waals surface area contributed by atoms with Gasteiger partial charge in [0, 0.05) is 17.5 Å². The molecular weight excluding hydrogens is 244 g/mol. The van der Waals surface area contributed by atoms with Crippen LogP contribution in [0, 0.1) is 5.92 Å². The van der Waals surface area contributed by atoms with Crippen LogP contribution in [-0.4, -0.2) is 23.6 Å². The van der Waals surface area contributed by atoms with Gasteiger partial charge in [0.15, 0.2) is 22.9 Å². The van der Waals surface area contributed by atoms with E-state index in [1.54, 1.807) is 31.2 Å². The molecule has 1 aliphatic heterocycles. The van der Waals surface area contributed by atoms with Gasteiger partial charge in [-0.3, -0.25) is 4.79 Å². The van der Waals surface area contributed by atoms with E-state index >= 15 is 0 Å². The molecule has 102 valence electrons. The van der Waals surface area contributed by atoms with Gasteiger partial charge < -0.3 is 14.6 Å². The van der Waals surface area contributed by atoms with Crippen LogP contribution in [0.3, 0.4) is 0 Å². The van der Waals surface area contributed by atoms with Crippen LogP contribution in [0.2, 0.25) is 0 Å². The van der Waals surface area contributed by atoms with Gasteiger partial charge in [-0.1, -0.05) is 19.9 Å². The molecule has 0 saturated carbocycles. The zero-order valence-corrected chi connectivity index (χ0v) is 11.6. The Balaban J connectivity index is 2.42. The van der Waals surface area contributed by atoms with Crippen molar-refractivity contribution in [1.29, 1.82) is 0 Å². The number of carbonyl (C=O) groups excluding carboxylic acids is 1. The number of phenolic OH excluding ortho intramolecular Hbond substituents is 1. The molecule has 0 spiro atoms. The van der Waals surface area contributed by atoms with E-state index in [9.17, 15) is 9.90 Å². The summed E-state index contributed by atoms with van der Waals surface area (Å²) in [6, 6.07) is 3.16. The summed E-state index contributed by atoms with van der Waals surface area (Å²) in [5.74, 6) is 0.812. The number of rotatable bonds is 3. The maximum Gasteiger partial charge on any atom is 0.183 e. The van der Waals surface area contributed by atoms with Crippen LogP contribution in [0.15, 0.2) is 18.2 Å². The number of phenols is 1. The summed E-state index contributed by atoms with van der Waals surface area (Å²) < 4.78 is 10.9. The first-order valence-electron chi connectivity index (χ1n) is 6.21. The highest BCUT2D eigenvalue weighted by Gasteiger charge is 2.37. The molecule has 19 heavy (non-hydrogen) atoms. The van der Waals surface area contributed by atoms with Gasteiger partial charge in [0.1, 0.15) is 5.75 Å². The number of methoxy groups -OCH3 is 1. The zero-order valence-electron chi connectivity index (χ0n) is 11.6. The Morgan fingerprint density at radius 2 is 2.11 bits per heavy atom. The van der Waals surface area contributed by atoms with Gasteiger partial charge >= 0.3 is 0 Å². The molecule has 1 aliphatic rings. The zero-order chi connectivity index (χ0) is 14.2. The molecule has 1 N–H and O–H groups in total. The second kappa shape index (κ2) is 4.61. The van der Waals surface area contributed by atoms with E-state index in [-0.39, 0.29) is 17.5 Å². The first-order chi connectivity index (χ1) is 8.87. The third-order valence-electron chi connectivity index (χ3n) is 3.23. The molecular formula is C15H18O4. The summed E-state index contributed by atoms with van der Waals surface area (Å²) in [4.78, 5) is 12.2. The van der Waals surface area contributed by atoms with Gasteiger partial charge in [-0.25, -0.2) is 0 Å². The van der Waals surface area contributed by atoms with Crippen molar-refractivity contribution in [2.75, 3.05) is 7.11 Å². The molecule has 1 unspecified atom stereocenters. The average Bonchev–Trinajstić information content (AvgIpc) is 2.37. The predicted octanol–water partition coefficient (Wildman–Crippen LogP) is 2.79. The number of ether oxygens (including phenoxy) is 2. The topological polar surface area (TPSA) is 55.8 Å². The Morgan fingerprint density at radius 1 is 1.42 bits per heavy atom. The fourth-order valence-electron chi connectivity index (χ4n) is 2.16. The molecule has 2 rings (SSSR count). The minimum atomic E-state index is -0.969. The van der Waals surface area contributed by atoms with Gasteiger partial charge in [-0.05, 0) is 19.1 Å². The highest BCUT2D eigenvalue weighted by atomic mass is 16.5. The lowest BCUT2D eigenvalue weighted by Gasteiger charge is -2.31. The summed E-state index contributed by atoms with van der Waals surface area (Å²) in [5.41, 5.74) is -0.240. The quantitative estimate of drug-likeness (QED) is 0.910. The number of benzene rings is 1.